The van der Waals surface area contributed by atoms with E-state index in [4.69, 9.17) is 0 Å². The first-order valence-electron chi connectivity index (χ1n) is 7.74. The number of carbonyl (C=O) groups is 1. The lowest BCUT2D eigenvalue weighted by molar-refractivity contribution is -0.131. The Morgan fingerprint density at radius 1 is 1.40 bits per heavy atom. The van der Waals surface area contributed by atoms with Crippen molar-refractivity contribution in [2.75, 3.05) is 19.6 Å². The van der Waals surface area contributed by atoms with Gasteiger partial charge < -0.3 is 10.2 Å². The van der Waals surface area contributed by atoms with Crippen molar-refractivity contribution < 1.29 is 4.79 Å². The maximum atomic E-state index is 12.6. The Balaban J connectivity index is 1.71. The summed E-state index contributed by atoms with van der Waals surface area (Å²) in [6, 6.07) is 8.74. The second kappa shape index (κ2) is 5.57. The van der Waals surface area contributed by atoms with Crippen LogP contribution in [0.15, 0.2) is 24.3 Å². The minimum atomic E-state index is 0.303. The molecule has 3 rings (SSSR count). The van der Waals surface area contributed by atoms with Crippen LogP contribution in [0.3, 0.4) is 0 Å². The molecule has 3 heteroatoms. The van der Waals surface area contributed by atoms with E-state index >= 15 is 0 Å². The average molecular weight is 272 g/mol. The molecule has 3 nitrogen and oxygen atoms in total. The van der Waals surface area contributed by atoms with Gasteiger partial charge in [0.05, 0.1) is 6.42 Å². The highest BCUT2D eigenvalue weighted by Crippen LogP contribution is 2.34. The molecule has 1 N–H and O–H groups in total. The van der Waals surface area contributed by atoms with Gasteiger partial charge in [0.15, 0.2) is 0 Å². The van der Waals surface area contributed by atoms with Gasteiger partial charge in [-0.1, -0.05) is 36.8 Å². The molecule has 2 heterocycles. The van der Waals surface area contributed by atoms with Crippen molar-refractivity contribution in [3.63, 3.8) is 0 Å². The third kappa shape index (κ3) is 2.47. The van der Waals surface area contributed by atoms with E-state index in [0.717, 1.165) is 31.6 Å². The van der Waals surface area contributed by atoms with Crippen LogP contribution < -0.4 is 5.32 Å². The molecule has 2 saturated heterocycles. The maximum Gasteiger partial charge on any atom is 0.227 e. The standard InChI is InChI=1S/C17H24N2O/c1-3-16-15-10-18-9-14(15)11-19(16)17(20)8-13-6-4-5-12(2)7-13/h4-7,14-16,18H,3,8-11H2,1-2H3. The summed E-state index contributed by atoms with van der Waals surface area (Å²) in [6.07, 6.45) is 1.62. The van der Waals surface area contributed by atoms with Crippen LogP contribution >= 0.6 is 0 Å². The maximum absolute atomic E-state index is 12.6. The van der Waals surface area contributed by atoms with Gasteiger partial charge in [-0.25, -0.2) is 0 Å². The van der Waals surface area contributed by atoms with Crippen molar-refractivity contribution in [3.05, 3.63) is 35.4 Å². The molecular weight excluding hydrogens is 248 g/mol. The molecule has 0 radical (unpaired) electrons. The number of likely N-dealkylation sites (tertiary alicyclic amines) is 1. The van der Waals surface area contributed by atoms with Gasteiger partial charge >= 0.3 is 0 Å². The van der Waals surface area contributed by atoms with Crippen LogP contribution in [0.25, 0.3) is 0 Å². The Morgan fingerprint density at radius 2 is 2.25 bits per heavy atom. The van der Waals surface area contributed by atoms with Gasteiger partial charge in [-0.2, -0.15) is 0 Å². The SMILES string of the molecule is CCC1C2CNCC2CN1C(=O)Cc1cccc(C)c1. The van der Waals surface area contributed by atoms with Gasteiger partial charge in [-0.05, 0) is 30.7 Å². The van der Waals surface area contributed by atoms with E-state index in [2.05, 4.69) is 42.3 Å². The minimum Gasteiger partial charge on any atom is -0.339 e. The third-order valence-electron chi connectivity index (χ3n) is 4.89. The predicted octanol–water partition coefficient (Wildman–Crippen LogP) is 1.99. The van der Waals surface area contributed by atoms with Gasteiger partial charge in [-0.3, -0.25) is 4.79 Å². The van der Waals surface area contributed by atoms with E-state index in [0.29, 0.717) is 30.2 Å². The number of fused-ring (bicyclic) bond motifs is 1. The molecule has 3 unspecified atom stereocenters. The number of benzene rings is 1. The van der Waals surface area contributed by atoms with Crippen molar-refractivity contribution in [2.45, 2.75) is 32.7 Å². The van der Waals surface area contributed by atoms with Crippen molar-refractivity contribution in [1.29, 1.82) is 0 Å². The van der Waals surface area contributed by atoms with Crippen molar-refractivity contribution in [2.24, 2.45) is 11.8 Å². The van der Waals surface area contributed by atoms with Crippen molar-refractivity contribution in [3.8, 4) is 0 Å². The van der Waals surface area contributed by atoms with Crippen LogP contribution in [0.2, 0.25) is 0 Å². The third-order valence-corrected chi connectivity index (χ3v) is 4.89. The zero-order valence-electron chi connectivity index (χ0n) is 12.4. The smallest absolute Gasteiger partial charge is 0.227 e. The van der Waals surface area contributed by atoms with Crippen LogP contribution in [-0.2, 0) is 11.2 Å². The Bertz CT molecular complexity index is 500. The highest BCUT2D eigenvalue weighted by molar-refractivity contribution is 5.79. The highest BCUT2D eigenvalue weighted by atomic mass is 16.2. The molecule has 2 aliphatic rings. The van der Waals surface area contributed by atoms with E-state index in [1.807, 2.05) is 6.07 Å². The number of hydrogen-bond acceptors (Lipinski definition) is 2. The van der Waals surface area contributed by atoms with Gasteiger partial charge in [0, 0.05) is 25.7 Å². The number of nitrogens with zero attached hydrogens (tertiary/aromatic N) is 1. The lowest BCUT2D eigenvalue weighted by Gasteiger charge is -2.27. The van der Waals surface area contributed by atoms with E-state index in [9.17, 15) is 4.79 Å². The van der Waals surface area contributed by atoms with Crippen LogP contribution in [-0.4, -0.2) is 36.5 Å². The Labute approximate surface area is 121 Å². The summed E-state index contributed by atoms with van der Waals surface area (Å²) >= 11 is 0. The van der Waals surface area contributed by atoms with Crippen LogP contribution in [0.5, 0.6) is 0 Å². The molecule has 20 heavy (non-hydrogen) atoms. The van der Waals surface area contributed by atoms with Gasteiger partial charge in [0.1, 0.15) is 0 Å². The summed E-state index contributed by atoms with van der Waals surface area (Å²) in [5, 5.41) is 3.47. The Morgan fingerprint density at radius 3 is 3.00 bits per heavy atom. The molecule has 1 aromatic carbocycles. The number of aryl methyl sites for hydroxylation is 1. The minimum absolute atomic E-state index is 0.303. The monoisotopic (exact) mass is 272 g/mol. The summed E-state index contributed by atoms with van der Waals surface area (Å²) in [7, 11) is 0. The molecule has 0 saturated carbocycles. The first-order valence-corrected chi connectivity index (χ1v) is 7.74. The number of rotatable bonds is 3. The normalized spacial score (nSPS) is 28.7. The Hall–Kier alpha value is -1.35. The summed E-state index contributed by atoms with van der Waals surface area (Å²) in [5.41, 5.74) is 2.37. The Kier molecular flexibility index (Phi) is 3.79. The fourth-order valence-corrected chi connectivity index (χ4v) is 3.93. The summed E-state index contributed by atoms with van der Waals surface area (Å²) in [6.45, 7) is 7.39. The van der Waals surface area contributed by atoms with Gasteiger partial charge in [0.25, 0.3) is 0 Å². The fraction of sp³-hybridized carbons (Fsp3) is 0.588. The molecule has 0 aliphatic carbocycles. The summed E-state index contributed by atoms with van der Waals surface area (Å²) in [5.74, 6) is 1.64. The molecule has 3 atom stereocenters. The zero-order chi connectivity index (χ0) is 14.1. The van der Waals surface area contributed by atoms with E-state index in [1.165, 1.54) is 5.56 Å². The average Bonchev–Trinajstić information content (AvgIpc) is 2.98. The van der Waals surface area contributed by atoms with Crippen LogP contribution in [0.4, 0.5) is 0 Å². The predicted molar refractivity (Wildman–Crippen MR) is 80.5 cm³/mol. The van der Waals surface area contributed by atoms with Crippen LogP contribution in [0, 0.1) is 18.8 Å². The number of amides is 1. The first-order chi connectivity index (χ1) is 9.69. The molecule has 0 spiro atoms. The second-order valence-corrected chi connectivity index (χ2v) is 6.27. The molecule has 2 aliphatic heterocycles. The largest absolute Gasteiger partial charge is 0.339 e. The zero-order valence-corrected chi connectivity index (χ0v) is 12.4. The van der Waals surface area contributed by atoms with E-state index in [-0.39, 0.29) is 0 Å². The fourth-order valence-electron chi connectivity index (χ4n) is 3.93. The molecular formula is C17H24N2O. The van der Waals surface area contributed by atoms with Crippen LogP contribution in [0.1, 0.15) is 24.5 Å². The van der Waals surface area contributed by atoms with Gasteiger partial charge in [-0.15, -0.1) is 0 Å². The topological polar surface area (TPSA) is 32.3 Å². The molecule has 0 bridgehead atoms. The quantitative estimate of drug-likeness (QED) is 0.912. The number of carbonyl (C=O) groups excluding carboxylic acids is 1. The summed E-state index contributed by atoms with van der Waals surface area (Å²) < 4.78 is 0. The first kappa shape index (κ1) is 13.6. The van der Waals surface area contributed by atoms with E-state index < -0.39 is 0 Å². The lowest BCUT2D eigenvalue weighted by atomic mass is 9.93. The van der Waals surface area contributed by atoms with E-state index in [1.54, 1.807) is 0 Å². The van der Waals surface area contributed by atoms with Gasteiger partial charge in [0.2, 0.25) is 5.91 Å². The lowest BCUT2D eigenvalue weighted by Crippen LogP contribution is -2.40. The number of nitrogens with one attached hydrogen (secondary N) is 1. The molecule has 108 valence electrons. The second-order valence-electron chi connectivity index (χ2n) is 6.27. The van der Waals surface area contributed by atoms with Crippen molar-refractivity contribution >= 4 is 5.91 Å². The summed E-state index contributed by atoms with van der Waals surface area (Å²) in [4.78, 5) is 14.8. The molecule has 1 aromatic rings. The number of hydrogen-bond donors (Lipinski definition) is 1. The van der Waals surface area contributed by atoms with Crippen molar-refractivity contribution in [1.82, 2.24) is 10.2 Å². The molecule has 2 fully saturated rings. The molecule has 0 aromatic heterocycles. The highest BCUT2D eigenvalue weighted by Gasteiger charge is 2.44. The molecule has 1 amide bonds.